The number of benzene rings is 1. The van der Waals surface area contributed by atoms with Crippen LogP contribution in [0, 0.1) is 0 Å². The molecule has 0 bridgehead atoms. The van der Waals surface area contributed by atoms with E-state index >= 15 is 0 Å². The Morgan fingerprint density at radius 3 is 2.88 bits per heavy atom. The van der Waals surface area contributed by atoms with Gasteiger partial charge in [-0.05, 0) is 64.6 Å². The van der Waals surface area contributed by atoms with Crippen LogP contribution in [0.1, 0.15) is 35.6 Å². The Balaban J connectivity index is 1.38. The van der Waals surface area contributed by atoms with Crippen molar-refractivity contribution in [2.24, 2.45) is 0 Å². The summed E-state index contributed by atoms with van der Waals surface area (Å²) >= 11 is 16.1. The number of nitrogens with one attached hydrogen (secondary N) is 1. The third-order valence-electron chi connectivity index (χ3n) is 5.98. The number of pyridine rings is 1. The summed E-state index contributed by atoms with van der Waals surface area (Å²) < 4.78 is 2.73. The molecule has 0 amide bonds. The van der Waals surface area contributed by atoms with Crippen molar-refractivity contribution in [3.8, 4) is 0 Å². The van der Waals surface area contributed by atoms with Crippen LogP contribution in [0.2, 0.25) is 10.0 Å². The zero-order valence-corrected chi connectivity index (χ0v) is 21.0. The molecule has 0 aliphatic carbocycles. The predicted molar refractivity (Wildman–Crippen MR) is 136 cm³/mol. The second kappa shape index (κ2) is 9.97. The zero-order chi connectivity index (χ0) is 22.8. The van der Waals surface area contributed by atoms with Crippen molar-refractivity contribution in [1.29, 1.82) is 0 Å². The summed E-state index contributed by atoms with van der Waals surface area (Å²) in [7, 11) is 0. The summed E-state index contributed by atoms with van der Waals surface area (Å²) in [5.74, 6) is 1.25. The lowest BCUT2D eigenvalue weighted by Gasteiger charge is -2.33. The van der Waals surface area contributed by atoms with Crippen LogP contribution in [0.15, 0.2) is 59.5 Å². The lowest BCUT2D eigenvalue weighted by atomic mass is 9.94. The van der Waals surface area contributed by atoms with Gasteiger partial charge in [0.05, 0.1) is 16.4 Å². The lowest BCUT2D eigenvalue weighted by molar-refractivity contribution is 0.198. The standard InChI is InChI=1S/C24H23BrCl2N6/c25-20-13-30-33-23(29-12-16-3-1-7-28-11-16)10-22(31-24(20)33)18-4-2-8-32(15-18)14-17-5-6-19(26)9-21(17)27/h1,3,5-7,9-11,13,18,29H,2,4,8,12,14-15H2. The van der Waals surface area contributed by atoms with E-state index in [1.54, 1.807) is 12.4 Å². The van der Waals surface area contributed by atoms with Crippen LogP contribution in [0.4, 0.5) is 5.82 Å². The molecule has 1 N–H and O–H groups in total. The number of rotatable bonds is 6. The first kappa shape index (κ1) is 22.6. The average Bonchev–Trinajstić information content (AvgIpc) is 3.21. The molecule has 1 fully saturated rings. The molecule has 0 radical (unpaired) electrons. The Kier molecular flexibility index (Phi) is 6.83. The largest absolute Gasteiger partial charge is 0.366 e. The maximum atomic E-state index is 6.43. The summed E-state index contributed by atoms with van der Waals surface area (Å²) in [5, 5.41) is 9.39. The number of anilines is 1. The molecule has 1 unspecified atom stereocenters. The first-order chi connectivity index (χ1) is 16.1. The van der Waals surface area contributed by atoms with E-state index in [1.165, 1.54) is 0 Å². The maximum Gasteiger partial charge on any atom is 0.171 e. The third kappa shape index (κ3) is 5.17. The van der Waals surface area contributed by atoms with Gasteiger partial charge in [0.2, 0.25) is 0 Å². The minimum absolute atomic E-state index is 0.329. The van der Waals surface area contributed by atoms with E-state index in [9.17, 15) is 0 Å². The van der Waals surface area contributed by atoms with Gasteiger partial charge in [0.25, 0.3) is 0 Å². The van der Waals surface area contributed by atoms with Crippen molar-refractivity contribution in [2.75, 3.05) is 18.4 Å². The quantitative estimate of drug-likeness (QED) is 0.313. The molecular weight excluding hydrogens is 523 g/mol. The summed E-state index contributed by atoms with van der Waals surface area (Å²) in [6, 6.07) is 11.9. The number of halogens is 3. The molecule has 5 rings (SSSR count). The Labute approximate surface area is 211 Å². The molecule has 0 saturated carbocycles. The van der Waals surface area contributed by atoms with Crippen LogP contribution < -0.4 is 5.32 Å². The summed E-state index contributed by atoms with van der Waals surface area (Å²) in [6.45, 7) is 3.43. The Hall–Kier alpha value is -2.19. The number of piperidine rings is 1. The summed E-state index contributed by atoms with van der Waals surface area (Å²) in [6.07, 6.45) is 7.65. The molecule has 1 aliphatic heterocycles. The van der Waals surface area contributed by atoms with Crippen molar-refractivity contribution in [3.05, 3.63) is 86.3 Å². The van der Waals surface area contributed by atoms with Gasteiger partial charge in [0.1, 0.15) is 5.82 Å². The smallest absolute Gasteiger partial charge is 0.171 e. The van der Waals surface area contributed by atoms with E-state index in [0.717, 1.165) is 65.2 Å². The predicted octanol–water partition coefficient (Wildman–Crippen LogP) is 6.19. The van der Waals surface area contributed by atoms with Crippen LogP contribution in [0.25, 0.3) is 5.65 Å². The summed E-state index contributed by atoms with van der Waals surface area (Å²) in [4.78, 5) is 11.6. The molecule has 4 heterocycles. The molecule has 0 spiro atoms. The number of likely N-dealkylation sites (tertiary alicyclic amines) is 1. The van der Waals surface area contributed by atoms with E-state index < -0.39 is 0 Å². The number of hydrogen-bond donors (Lipinski definition) is 1. The topological polar surface area (TPSA) is 58.4 Å². The van der Waals surface area contributed by atoms with E-state index in [2.05, 4.69) is 48.4 Å². The monoisotopic (exact) mass is 544 g/mol. The van der Waals surface area contributed by atoms with Crippen molar-refractivity contribution >= 4 is 50.6 Å². The van der Waals surface area contributed by atoms with Gasteiger partial charge in [-0.1, -0.05) is 35.3 Å². The molecule has 9 heteroatoms. The fourth-order valence-corrected chi connectivity index (χ4v) is 5.13. The highest BCUT2D eigenvalue weighted by atomic mass is 79.9. The molecule has 6 nitrogen and oxygen atoms in total. The van der Waals surface area contributed by atoms with Gasteiger partial charge in [-0.3, -0.25) is 9.88 Å². The molecule has 3 aromatic heterocycles. The number of hydrogen-bond acceptors (Lipinski definition) is 5. The van der Waals surface area contributed by atoms with Gasteiger partial charge >= 0.3 is 0 Å². The van der Waals surface area contributed by atoms with E-state index in [1.807, 2.05) is 35.0 Å². The van der Waals surface area contributed by atoms with Crippen LogP contribution in [-0.4, -0.2) is 37.6 Å². The molecule has 170 valence electrons. The molecular formula is C24H23BrCl2N6. The number of fused-ring (bicyclic) bond motifs is 1. The molecule has 1 aliphatic rings. The lowest BCUT2D eigenvalue weighted by Crippen LogP contribution is -2.34. The molecule has 4 aromatic rings. The van der Waals surface area contributed by atoms with E-state index in [4.69, 9.17) is 28.2 Å². The van der Waals surface area contributed by atoms with Crippen LogP contribution in [-0.2, 0) is 13.1 Å². The molecule has 1 atom stereocenters. The van der Waals surface area contributed by atoms with Gasteiger partial charge < -0.3 is 5.32 Å². The normalized spacial score (nSPS) is 16.9. The fraction of sp³-hybridized carbons (Fsp3) is 0.292. The zero-order valence-electron chi connectivity index (χ0n) is 17.9. The van der Waals surface area contributed by atoms with Gasteiger partial charge in [-0.2, -0.15) is 9.61 Å². The SMILES string of the molecule is Clc1ccc(CN2CCCC(c3cc(NCc4cccnc4)n4ncc(Br)c4n3)C2)c(Cl)c1. The molecule has 1 saturated heterocycles. The fourth-order valence-electron chi connectivity index (χ4n) is 4.32. The first-order valence-corrected chi connectivity index (χ1v) is 12.4. The minimum Gasteiger partial charge on any atom is -0.366 e. The minimum atomic E-state index is 0.329. The number of aromatic nitrogens is 4. The third-order valence-corrected chi connectivity index (χ3v) is 7.12. The maximum absolute atomic E-state index is 6.43. The van der Waals surface area contributed by atoms with Crippen LogP contribution >= 0.6 is 39.1 Å². The van der Waals surface area contributed by atoms with Gasteiger partial charge in [0, 0.05) is 54.1 Å². The van der Waals surface area contributed by atoms with Crippen molar-refractivity contribution in [3.63, 3.8) is 0 Å². The van der Waals surface area contributed by atoms with Crippen LogP contribution in [0.3, 0.4) is 0 Å². The van der Waals surface area contributed by atoms with Gasteiger partial charge in [-0.25, -0.2) is 4.98 Å². The van der Waals surface area contributed by atoms with Gasteiger partial charge in [-0.15, -0.1) is 0 Å². The first-order valence-electron chi connectivity index (χ1n) is 10.9. The highest BCUT2D eigenvalue weighted by Gasteiger charge is 2.25. The van der Waals surface area contributed by atoms with Gasteiger partial charge in [0.15, 0.2) is 5.65 Å². The van der Waals surface area contributed by atoms with Crippen molar-refractivity contribution < 1.29 is 0 Å². The Bertz CT molecular complexity index is 1260. The summed E-state index contributed by atoms with van der Waals surface area (Å²) in [5.41, 5.74) is 4.10. The average molecular weight is 546 g/mol. The van der Waals surface area contributed by atoms with E-state index in [0.29, 0.717) is 22.5 Å². The molecule has 33 heavy (non-hydrogen) atoms. The molecule has 1 aromatic carbocycles. The number of nitrogens with zero attached hydrogens (tertiary/aromatic N) is 5. The van der Waals surface area contributed by atoms with Crippen molar-refractivity contribution in [1.82, 2.24) is 24.5 Å². The van der Waals surface area contributed by atoms with E-state index in [-0.39, 0.29) is 0 Å². The highest BCUT2D eigenvalue weighted by Crippen LogP contribution is 2.31. The Morgan fingerprint density at radius 2 is 2.06 bits per heavy atom. The second-order valence-corrected chi connectivity index (χ2v) is 10.0. The Morgan fingerprint density at radius 1 is 1.15 bits per heavy atom. The van der Waals surface area contributed by atoms with Crippen LogP contribution in [0.5, 0.6) is 0 Å². The second-order valence-electron chi connectivity index (χ2n) is 8.32. The van der Waals surface area contributed by atoms with Crippen molar-refractivity contribution in [2.45, 2.75) is 31.8 Å². The highest BCUT2D eigenvalue weighted by molar-refractivity contribution is 9.10.